The summed E-state index contributed by atoms with van der Waals surface area (Å²) in [5.74, 6) is 1.98. The van der Waals surface area contributed by atoms with Gasteiger partial charge in [-0.3, -0.25) is 0 Å². The summed E-state index contributed by atoms with van der Waals surface area (Å²) in [6, 6.07) is 9.49. The molecule has 0 saturated heterocycles. The van der Waals surface area contributed by atoms with Crippen molar-refractivity contribution in [1.82, 2.24) is 10.3 Å². The van der Waals surface area contributed by atoms with Gasteiger partial charge in [0, 0.05) is 23.8 Å². The normalized spacial score (nSPS) is 10.9. The second-order valence-corrected chi connectivity index (χ2v) is 5.95. The van der Waals surface area contributed by atoms with E-state index in [-0.39, 0.29) is 0 Å². The quantitative estimate of drug-likeness (QED) is 0.848. The van der Waals surface area contributed by atoms with Crippen LogP contribution in [0.15, 0.2) is 36.5 Å². The predicted molar refractivity (Wildman–Crippen MR) is 87.0 cm³/mol. The summed E-state index contributed by atoms with van der Waals surface area (Å²) in [5, 5.41) is 4.13. The minimum atomic E-state index is 0.587. The van der Waals surface area contributed by atoms with Crippen molar-refractivity contribution < 1.29 is 4.74 Å². The average Bonchev–Trinajstić information content (AvgIpc) is 2.44. The first-order valence-corrected chi connectivity index (χ1v) is 7.52. The lowest BCUT2D eigenvalue weighted by molar-refractivity contribution is 0.461. The van der Waals surface area contributed by atoms with Gasteiger partial charge in [0.05, 0.1) is 0 Å². The van der Waals surface area contributed by atoms with Crippen molar-refractivity contribution in [2.75, 3.05) is 6.54 Å². The van der Waals surface area contributed by atoms with Gasteiger partial charge >= 0.3 is 0 Å². The Morgan fingerprint density at radius 1 is 1.24 bits per heavy atom. The molecule has 0 aliphatic carbocycles. The minimum Gasteiger partial charge on any atom is -0.439 e. The van der Waals surface area contributed by atoms with Gasteiger partial charge in [0.15, 0.2) is 0 Å². The van der Waals surface area contributed by atoms with Crippen molar-refractivity contribution in [3.05, 3.63) is 52.7 Å². The highest BCUT2D eigenvalue weighted by Gasteiger charge is 2.02. The average molecular weight is 305 g/mol. The summed E-state index contributed by atoms with van der Waals surface area (Å²) >= 11 is 6.00. The molecule has 1 aromatic heterocycles. The van der Waals surface area contributed by atoms with Crippen LogP contribution in [0.25, 0.3) is 0 Å². The maximum absolute atomic E-state index is 6.00. The smallest absolute Gasteiger partial charge is 0.219 e. The first-order chi connectivity index (χ1) is 10.0. The Morgan fingerprint density at radius 2 is 2.05 bits per heavy atom. The summed E-state index contributed by atoms with van der Waals surface area (Å²) in [6.07, 6.45) is 1.84. The van der Waals surface area contributed by atoms with Crippen LogP contribution in [0.5, 0.6) is 11.6 Å². The highest BCUT2D eigenvalue weighted by molar-refractivity contribution is 6.31. The molecule has 0 spiro atoms. The summed E-state index contributed by atoms with van der Waals surface area (Å²) < 4.78 is 5.72. The molecule has 1 heterocycles. The minimum absolute atomic E-state index is 0.587. The van der Waals surface area contributed by atoms with E-state index >= 15 is 0 Å². The van der Waals surface area contributed by atoms with Crippen LogP contribution in [0.1, 0.15) is 25.0 Å². The van der Waals surface area contributed by atoms with E-state index in [4.69, 9.17) is 16.3 Å². The van der Waals surface area contributed by atoms with Gasteiger partial charge in [0.25, 0.3) is 0 Å². The van der Waals surface area contributed by atoms with Gasteiger partial charge in [-0.2, -0.15) is 0 Å². The zero-order chi connectivity index (χ0) is 15.2. The number of hydrogen-bond donors (Lipinski definition) is 1. The number of hydrogen-bond acceptors (Lipinski definition) is 3. The van der Waals surface area contributed by atoms with Crippen molar-refractivity contribution in [3.8, 4) is 11.6 Å². The van der Waals surface area contributed by atoms with Gasteiger partial charge in [-0.1, -0.05) is 31.5 Å². The molecule has 2 rings (SSSR count). The first kappa shape index (κ1) is 15.8. The van der Waals surface area contributed by atoms with Crippen molar-refractivity contribution in [1.29, 1.82) is 0 Å². The standard InChI is InChI=1S/C17H21ClN2O/c1-12(2)9-19-10-14-4-7-17(20-11-14)21-15-5-6-16(18)13(3)8-15/h4-8,11-12,19H,9-10H2,1-3H3. The maximum Gasteiger partial charge on any atom is 0.219 e. The number of aromatic nitrogens is 1. The van der Waals surface area contributed by atoms with E-state index in [0.717, 1.165) is 35.0 Å². The molecular formula is C17H21ClN2O. The van der Waals surface area contributed by atoms with Crippen LogP contribution in [0, 0.1) is 12.8 Å². The molecule has 2 aromatic rings. The summed E-state index contributed by atoms with van der Waals surface area (Å²) in [6.45, 7) is 8.16. The second-order valence-electron chi connectivity index (χ2n) is 5.54. The molecule has 0 atom stereocenters. The molecule has 0 amide bonds. The molecule has 0 aliphatic heterocycles. The molecule has 21 heavy (non-hydrogen) atoms. The topological polar surface area (TPSA) is 34.1 Å². The fourth-order valence-electron chi connectivity index (χ4n) is 1.88. The molecule has 0 bridgehead atoms. The van der Waals surface area contributed by atoms with Crippen LogP contribution in [-0.2, 0) is 6.54 Å². The Kier molecular flexibility index (Phi) is 5.59. The zero-order valence-electron chi connectivity index (χ0n) is 12.7. The van der Waals surface area contributed by atoms with Crippen LogP contribution in [0.2, 0.25) is 5.02 Å². The van der Waals surface area contributed by atoms with Gasteiger partial charge in [-0.05, 0) is 48.7 Å². The maximum atomic E-state index is 6.00. The van der Waals surface area contributed by atoms with E-state index in [1.807, 2.05) is 43.5 Å². The van der Waals surface area contributed by atoms with Gasteiger partial charge in [0.1, 0.15) is 5.75 Å². The van der Waals surface area contributed by atoms with Crippen LogP contribution in [0.4, 0.5) is 0 Å². The first-order valence-electron chi connectivity index (χ1n) is 7.14. The summed E-state index contributed by atoms with van der Waals surface area (Å²) in [5.41, 5.74) is 2.14. The fourth-order valence-corrected chi connectivity index (χ4v) is 2.00. The lowest BCUT2D eigenvalue weighted by Crippen LogP contribution is -2.18. The van der Waals surface area contributed by atoms with Crippen LogP contribution >= 0.6 is 11.6 Å². The number of aryl methyl sites for hydroxylation is 1. The molecule has 112 valence electrons. The van der Waals surface area contributed by atoms with E-state index in [1.54, 1.807) is 0 Å². The Labute approximate surface area is 131 Å². The van der Waals surface area contributed by atoms with Crippen molar-refractivity contribution in [3.63, 3.8) is 0 Å². The monoisotopic (exact) mass is 304 g/mol. The van der Waals surface area contributed by atoms with E-state index in [2.05, 4.69) is 24.1 Å². The molecule has 0 radical (unpaired) electrons. The lowest BCUT2D eigenvalue weighted by atomic mass is 10.2. The predicted octanol–water partition coefficient (Wildman–Crippen LogP) is 4.58. The van der Waals surface area contributed by atoms with Crippen LogP contribution < -0.4 is 10.1 Å². The van der Waals surface area contributed by atoms with E-state index in [0.29, 0.717) is 11.8 Å². The summed E-state index contributed by atoms with van der Waals surface area (Å²) in [7, 11) is 0. The third-order valence-electron chi connectivity index (χ3n) is 3.03. The van der Waals surface area contributed by atoms with E-state index < -0.39 is 0 Å². The van der Waals surface area contributed by atoms with Crippen molar-refractivity contribution >= 4 is 11.6 Å². The van der Waals surface area contributed by atoms with Gasteiger partial charge in [-0.25, -0.2) is 4.98 Å². The van der Waals surface area contributed by atoms with Gasteiger partial charge in [0.2, 0.25) is 5.88 Å². The molecule has 0 aliphatic rings. The highest BCUT2D eigenvalue weighted by atomic mass is 35.5. The molecule has 0 unspecified atom stereocenters. The van der Waals surface area contributed by atoms with Gasteiger partial charge in [-0.15, -0.1) is 0 Å². The highest BCUT2D eigenvalue weighted by Crippen LogP contribution is 2.24. The van der Waals surface area contributed by atoms with Crippen molar-refractivity contribution in [2.45, 2.75) is 27.3 Å². The molecule has 4 heteroatoms. The number of nitrogens with zero attached hydrogens (tertiary/aromatic N) is 1. The third-order valence-corrected chi connectivity index (χ3v) is 3.46. The molecule has 0 fully saturated rings. The molecule has 3 nitrogen and oxygen atoms in total. The summed E-state index contributed by atoms with van der Waals surface area (Å²) in [4.78, 5) is 4.33. The Bertz CT molecular complexity index is 582. The second kappa shape index (κ2) is 7.43. The SMILES string of the molecule is Cc1cc(Oc2ccc(CNCC(C)C)cn2)ccc1Cl. The Hall–Kier alpha value is -1.58. The lowest BCUT2D eigenvalue weighted by Gasteiger charge is -2.09. The number of nitrogens with one attached hydrogen (secondary N) is 1. The molecule has 1 aromatic carbocycles. The molecule has 1 N–H and O–H groups in total. The number of benzene rings is 1. The number of rotatable bonds is 6. The molecular weight excluding hydrogens is 284 g/mol. The largest absolute Gasteiger partial charge is 0.439 e. The number of pyridine rings is 1. The fraction of sp³-hybridized carbons (Fsp3) is 0.353. The van der Waals surface area contributed by atoms with Crippen LogP contribution in [0.3, 0.4) is 0 Å². The third kappa shape index (κ3) is 5.03. The number of ether oxygens (including phenoxy) is 1. The van der Waals surface area contributed by atoms with Gasteiger partial charge < -0.3 is 10.1 Å². The van der Waals surface area contributed by atoms with Crippen LogP contribution in [-0.4, -0.2) is 11.5 Å². The van der Waals surface area contributed by atoms with E-state index in [1.165, 1.54) is 0 Å². The number of halogens is 1. The van der Waals surface area contributed by atoms with E-state index in [9.17, 15) is 0 Å². The molecule has 0 saturated carbocycles. The van der Waals surface area contributed by atoms with Crippen molar-refractivity contribution in [2.24, 2.45) is 5.92 Å². The Balaban J connectivity index is 1.94. The zero-order valence-corrected chi connectivity index (χ0v) is 13.4. The Morgan fingerprint density at radius 3 is 2.67 bits per heavy atom.